The van der Waals surface area contributed by atoms with Crippen molar-refractivity contribution in [1.29, 1.82) is 0 Å². The van der Waals surface area contributed by atoms with Crippen molar-refractivity contribution in [3.8, 4) is 5.75 Å². The molecule has 1 saturated heterocycles. The molecule has 0 aliphatic carbocycles. The van der Waals surface area contributed by atoms with Gasteiger partial charge in [-0.25, -0.2) is 0 Å². The summed E-state index contributed by atoms with van der Waals surface area (Å²) in [6.45, 7) is 2.42. The fraction of sp³-hybridized carbons (Fsp3) is 0.160. The van der Waals surface area contributed by atoms with Crippen molar-refractivity contribution in [3.63, 3.8) is 0 Å². The topological polar surface area (TPSA) is 50.4 Å². The summed E-state index contributed by atoms with van der Waals surface area (Å²) in [5, 5.41) is 7.45. The minimum absolute atomic E-state index is 0.117. The monoisotopic (exact) mass is 484 g/mol. The van der Waals surface area contributed by atoms with Crippen molar-refractivity contribution in [1.82, 2.24) is 5.32 Å². The summed E-state index contributed by atoms with van der Waals surface area (Å²) in [4.78, 5) is 13.2. The number of para-hydroxylation sites is 1. The Morgan fingerprint density at radius 2 is 1.88 bits per heavy atom. The van der Waals surface area contributed by atoms with Gasteiger partial charge in [0.1, 0.15) is 12.4 Å². The Hall–Kier alpha value is -2.60. The number of carbonyl (C=O) groups is 1. The third kappa shape index (κ3) is 5.60. The molecule has 0 radical (unpaired) electrons. The van der Waals surface area contributed by atoms with Crippen LogP contribution in [0.1, 0.15) is 23.6 Å². The molecule has 0 bridgehead atoms. The van der Waals surface area contributed by atoms with E-state index in [2.05, 4.69) is 29.7 Å². The van der Waals surface area contributed by atoms with Crippen molar-refractivity contribution in [2.75, 3.05) is 5.32 Å². The van der Waals surface area contributed by atoms with Crippen LogP contribution < -0.4 is 15.4 Å². The Labute approximate surface area is 202 Å². The van der Waals surface area contributed by atoms with Gasteiger partial charge in [0.25, 0.3) is 5.91 Å². The molecule has 0 aromatic heterocycles. The average molecular weight is 485 g/mol. The molecule has 0 unspecified atom stereocenters. The standard InChI is InChI=1S/C25H22Cl2N2O2S/c1-2-16-7-11-20(12-8-16)28-25-29-24(30)23(32-25)13-17-5-3-4-6-22(17)31-15-18-9-10-19(26)14-21(18)27/h3-14,25,28H,2,15H2,1H3,(H,29,30)/b23-13-/t25-/m0/s1. The van der Waals surface area contributed by atoms with Gasteiger partial charge in [-0.05, 0) is 48.4 Å². The number of benzene rings is 3. The number of aryl methyl sites for hydroxylation is 1. The first-order valence-corrected chi connectivity index (χ1v) is 11.9. The molecule has 1 fully saturated rings. The minimum atomic E-state index is -0.234. The van der Waals surface area contributed by atoms with E-state index >= 15 is 0 Å². The molecule has 2 N–H and O–H groups in total. The maximum absolute atomic E-state index is 12.5. The Kier molecular flexibility index (Phi) is 7.30. The molecule has 1 aliphatic heterocycles. The second-order valence-electron chi connectivity index (χ2n) is 7.24. The number of amides is 1. The summed E-state index contributed by atoms with van der Waals surface area (Å²) >= 11 is 13.7. The van der Waals surface area contributed by atoms with Gasteiger partial charge >= 0.3 is 0 Å². The molecular weight excluding hydrogens is 463 g/mol. The predicted molar refractivity (Wildman–Crippen MR) is 134 cm³/mol. The van der Waals surface area contributed by atoms with Gasteiger partial charge in [0, 0.05) is 26.9 Å². The molecule has 1 atom stereocenters. The number of ether oxygens (including phenoxy) is 1. The van der Waals surface area contributed by atoms with Crippen LogP contribution >= 0.6 is 35.0 Å². The van der Waals surface area contributed by atoms with Crippen molar-refractivity contribution >= 4 is 52.6 Å². The first kappa shape index (κ1) is 22.6. The minimum Gasteiger partial charge on any atom is -0.488 e. The number of hydrogen-bond donors (Lipinski definition) is 2. The lowest BCUT2D eigenvalue weighted by Gasteiger charge is -2.13. The summed E-state index contributed by atoms with van der Waals surface area (Å²) in [6, 6.07) is 21.1. The highest BCUT2D eigenvalue weighted by Crippen LogP contribution is 2.33. The van der Waals surface area contributed by atoms with E-state index in [0.29, 0.717) is 27.3 Å². The van der Waals surface area contributed by atoms with Crippen LogP contribution in [0.2, 0.25) is 10.0 Å². The van der Waals surface area contributed by atoms with E-state index in [1.165, 1.54) is 17.3 Å². The number of nitrogens with one attached hydrogen (secondary N) is 2. The molecule has 1 heterocycles. The number of halogens is 2. The fourth-order valence-electron chi connectivity index (χ4n) is 3.22. The Bertz CT molecular complexity index is 1150. The maximum Gasteiger partial charge on any atom is 0.260 e. The highest BCUT2D eigenvalue weighted by atomic mass is 35.5. The molecule has 3 aromatic rings. The van der Waals surface area contributed by atoms with Crippen LogP contribution in [-0.2, 0) is 17.8 Å². The Morgan fingerprint density at radius 1 is 1.09 bits per heavy atom. The molecule has 4 nitrogen and oxygen atoms in total. The van der Waals surface area contributed by atoms with Crippen LogP contribution in [0.5, 0.6) is 5.75 Å². The zero-order valence-electron chi connectivity index (χ0n) is 17.4. The molecule has 164 valence electrons. The molecule has 0 saturated carbocycles. The molecular formula is C25H22Cl2N2O2S. The molecule has 3 aromatic carbocycles. The number of anilines is 1. The second-order valence-corrected chi connectivity index (χ2v) is 9.23. The fourth-order valence-corrected chi connectivity index (χ4v) is 4.66. The van der Waals surface area contributed by atoms with E-state index < -0.39 is 0 Å². The lowest BCUT2D eigenvalue weighted by molar-refractivity contribution is -0.116. The molecule has 1 aliphatic rings. The summed E-state index contributed by atoms with van der Waals surface area (Å²) in [6.07, 6.45) is 2.84. The zero-order chi connectivity index (χ0) is 22.5. The second kappa shape index (κ2) is 10.3. The first-order valence-electron chi connectivity index (χ1n) is 10.2. The quantitative estimate of drug-likeness (QED) is 0.364. The number of thioether (sulfide) groups is 1. The number of hydrogen-bond acceptors (Lipinski definition) is 4. The van der Waals surface area contributed by atoms with E-state index in [1.54, 1.807) is 12.1 Å². The SMILES string of the molecule is CCc1ccc(N[C@H]2NC(=O)/C(=C/c3ccccc3OCc3ccc(Cl)cc3Cl)S2)cc1. The summed E-state index contributed by atoms with van der Waals surface area (Å²) in [5.74, 6) is 0.555. The van der Waals surface area contributed by atoms with Crippen LogP contribution in [0.3, 0.4) is 0 Å². The van der Waals surface area contributed by atoms with Crippen LogP contribution in [0.25, 0.3) is 6.08 Å². The average Bonchev–Trinajstić information content (AvgIpc) is 3.13. The number of carbonyl (C=O) groups excluding carboxylic acids is 1. The van der Waals surface area contributed by atoms with E-state index in [-0.39, 0.29) is 11.4 Å². The van der Waals surface area contributed by atoms with E-state index in [1.807, 2.05) is 48.5 Å². The first-order chi connectivity index (χ1) is 15.5. The normalized spacial score (nSPS) is 16.8. The number of rotatable bonds is 7. The van der Waals surface area contributed by atoms with Crippen LogP contribution in [0.15, 0.2) is 71.6 Å². The van der Waals surface area contributed by atoms with Crippen molar-refractivity contribution in [2.45, 2.75) is 25.4 Å². The lowest BCUT2D eigenvalue weighted by Crippen LogP contribution is -2.30. The van der Waals surface area contributed by atoms with Crippen molar-refractivity contribution in [3.05, 3.63) is 98.4 Å². The third-order valence-corrected chi connectivity index (χ3v) is 6.61. The third-order valence-electron chi connectivity index (χ3n) is 4.99. The van der Waals surface area contributed by atoms with Gasteiger partial charge in [0.05, 0.1) is 4.91 Å². The van der Waals surface area contributed by atoms with E-state index in [0.717, 1.165) is 23.2 Å². The Morgan fingerprint density at radius 3 is 2.62 bits per heavy atom. The summed E-state index contributed by atoms with van der Waals surface area (Å²) < 4.78 is 6.01. The molecule has 4 rings (SSSR count). The van der Waals surface area contributed by atoms with Crippen LogP contribution in [0.4, 0.5) is 5.69 Å². The molecule has 0 spiro atoms. The molecule has 7 heteroatoms. The molecule has 32 heavy (non-hydrogen) atoms. The summed E-state index contributed by atoms with van der Waals surface area (Å²) in [7, 11) is 0. The van der Waals surface area contributed by atoms with Crippen molar-refractivity contribution in [2.24, 2.45) is 0 Å². The smallest absolute Gasteiger partial charge is 0.260 e. The van der Waals surface area contributed by atoms with Crippen LogP contribution in [-0.4, -0.2) is 11.4 Å². The zero-order valence-corrected chi connectivity index (χ0v) is 19.7. The van der Waals surface area contributed by atoms with E-state index in [9.17, 15) is 4.79 Å². The van der Waals surface area contributed by atoms with Crippen molar-refractivity contribution < 1.29 is 9.53 Å². The summed E-state index contributed by atoms with van der Waals surface area (Å²) in [5.41, 5.74) is 3.66. The maximum atomic E-state index is 12.5. The highest BCUT2D eigenvalue weighted by molar-refractivity contribution is 8.05. The van der Waals surface area contributed by atoms with Gasteiger partial charge in [0.2, 0.25) is 0 Å². The Balaban J connectivity index is 1.45. The molecule has 1 amide bonds. The van der Waals surface area contributed by atoms with Gasteiger partial charge in [-0.3, -0.25) is 4.79 Å². The van der Waals surface area contributed by atoms with Crippen LogP contribution in [0, 0.1) is 0 Å². The highest BCUT2D eigenvalue weighted by Gasteiger charge is 2.27. The van der Waals surface area contributed by atoms with Gasteiger partial charge in [-0.2, -0.15) is 0 Å². The lowest BCUT2D eigenvalue weighted by atomic mass is 10.1. The van der Waals surface area contributed by atoms with Gasteiger partial charge in [-0.1, -0.05) is 78.3 Å². The van der Waals surface area contributed by atoms with Gasteiger partial charge in [-0.15, -0.1) is 0 Å². The van der Waals surface area contributed by atoms with Gasteiger partial charge in [0.15, 0.2) is 5.50 Å². The largest absolute Gasteiger partial charge is 0.488 e. The van der Waals surface area contributed by atoms with Gasteiger partial charge < -0.3 is 15.4 Å². The van der Waals surface area contributed by atoms with E-state index in [4.69, 9.17) is 27.9 Å². The predicted octanol–water partition coefficient (Wildman–Crippen LogP) is 6.73.